The lowest BCUT2D eigenvalue weighted by Gasteiger charge is -2.42. The van der Waals surface area contributed by atoms with Crippen LogP contribution in [-0.2, 0) is 20.8 Å². The normalized spacial score (nSPS) is 24.8. The molecule has 1 N–H and O–H groups in total. The molecule has 2 fully saturated rings. The minimum absolute atomic E-state index is 0.0669. The van der Waals surface area contributed by atoms with E-state index in [-0.39, 0.29) is 23.8 Å². The van der Waals surface area contributed by atoms with E-state index in [4.69, 9.17) is 0 Å². The summed E-state index contributed by atoms with van der Waals surface area (Å²) in [5.41, 5.74) is 1.24. The third-order valence-electron chi connectivity index (χ3n) is 6.98. The van der Waals surface area contributed by atoms with Crippen LogP contribution < -0.4 is 0 Å². The molecule has 0 bridgehead atoms. The zero-order chi connectivity index (χ0) is 23.7. The number of Topliss-reactive ketones (excluding diaryl/α,β-unsaturated/α-hetero) is 1. The van der Waals surface area contributed by atoms with E-state index >= 15 is 0 Å². The van der Waals surface area contributed by atoms with Gasteiger partial charge in [-0.3, -0.25) is 24.5 Å². The Morgan fingerprint density at radius 1 is 1.12 bits per heavy atom. The Hall–Kier alpha value is -4.01. The highest BCUT2D eigenvalue weighted by Gasteiger charge is 2.77. The molecule has 1 aliphatic heterocycles. The highest BCUT2D eigenvalue weighted by molar-refractivity contribution is 6.32. The third kappa shape index (κ3) is 2.75. The number of aromatic nitrogens is 1. The molecule has 1 unspecified atom stereocenters. The number of rotatable bonds is 4. The molecule has 2 aliphatic rings. The Morgan fingerprint density at radius 2 is 1.85 bits per heavy atom. The number of nitrogens with one attached hydrogen (secondary N) is 1. The lowest BCUT2D eigenvalue weighted by Crippen LogP contribution is -2.65. The van der Waals surface area contributed by atoms with Gasteiger partial charge in [-0.2, -0.15) is 0 Å². The maximum atomic E-state index is 13.5. The first kappa shape index (κ1) is 20.9. The molecule has 168 valence electrons. The molecule has 1 spiro atoms. The molecule has 1 saturated carbocycles. The molecular formula is C24H22N4O5. The van der Waals surface area contributed by atoms with Crippen molar-refractivity contribution in [2.24, 2.45) is 0 Å². The van der Waals surface area contributed by atoms with Crippen molar-refractivity contribution in [2.45, 2.75) is 30.8 Å². The number of nitrogens with zero attached hydrogens (tertiary/aromatic N) is 3. The van der Waals surface area contributed by atoms with E-state index in [0.29, 0.717) is 22.0 Å². The van der Waals surface area contributed by atoms with Crippen LogP contribution in [0.3, 0.4) is 0 Å². The van der Waals surface area contributed by atoms with Gasteiger partial charge in [-0.15, -0.1) is 0 Å². The third-order valence-corrected chi connectivity index (χ3v) is 6.98. The number of ketones is 1. The van der Waals surface area contributed by atoms with Gasteiger partial charge in [0, 0.05) is 32.8 Å². The number of aryl methyl sites for hydroxylation is 1. The number of carbonyl (C=O) groups is 3. The summed E-state index contributed by atoms with van der Waals surface area (Å²) < 4.78 is 0. The fourth-order valence-electron chi connectivity index (χ4n) is 5.22. The minimum Gasteiger partial charge on any atom is -0.361 e. The molecule has 5 rings (SSSR count). The average Bonchev–Trinajstić information content (AvgIpc) is 3.20. The van der Waals surface area contributed by atoms with Gasteiger partial charge in [-0.05, 0) is 24.1 Å². The number of H-pyrrole nitrogens is 1. The Kier molecular flexibility index (Phi) is 4.42. The number of nitro benzene ring substituents is 1. The molecule has 9 nitrogen and oxygen atoms in total. The summed E-state index contributed by atoms with van der Waals surface area (Å²) >= 11 is 0. The van der Waals surface area contributed by atoms with E-state index in [1.165, 1.54) is 30.0 Å². The molecule has 2 heterocycles. The second-order valence-corrected chi connectivity index (χ2v) is 8.78. The molecular weight excluding hydrogens is 424 g/mol. The monoisotopic (exact) mass is 446 g/mol. The molecule has 3 atom stereocenters. The maximum Gasteiger partial charge on any atom is 0.279 e. The molecule has 3 aromatic rings. The van der Waals surface area contributed by atoms with E-state index in [1.807, 2.05) is 25.1 Å². The summed E-state index contributed by atoms with van der Waals surface area (Å²) in [7, 11) is 3.01. The molecule has 0 radical (unpaired) electrons. The van der Waals surface area contributed by atoms with Crippen molar-refractivity contribution in [1.29, 1.82) is 0 Å². The number of carbonyl (C=O) groups excluding carboxylic acids is 3. The molecule has 33 heavy (non-hydrogen) atoms. The first-order valence-corrected chi connectivity index (χ1v) is 10.6. The van der Waals surface area contributed by atoms with E-state index in [2.05, 4.69) is 4.98 Å². The molecule has 9 heteroatoms. The van der Waals surface area contributed by atoms with Crippen molar-refractivity contribution in [3.05, 3.63) is 75.5 Å². The number of piperazine rings is 1. The van der Waals surface area contributed by atoms with Gasteiger partial charge in [0.1, 0.15) is 6.04 Å². The van der Waals surface area contributed by atoms with Crippen molar-refractivity contribution in [2.75, 3.05) is 14.1 Å². The topological polar surface area (TPSA) is 117 Å². The SMILES string of the molecule is Cc1cccc(C2C(=O)[C@@]23C(=O)N(C)[C@@H](Cc2c[nH]c4cccc([N+](=O)[O-])c24)C(=O)N3C)c1. The van der Waals surface area contributed by atoms with Crippen LogP contribution in [0, 0.1) is 17.0 Å². The van der Waals surface area contributed by atoms with E-state index < -0.39 is 28.3 Å². The summed E-state index contributed by atoms with van der Waals surface area (Å²) in [5.74, 6) is -1.78. The van der Waals surface area contributed by atoms with Crippen LogP contribution in [0.4, 0.5) is 5.69 Å². The van der Waals surface area contributed by atoms with Crippen molar-refractivity contribution >= 4 is 34.2 Å². The van der Waals surface area contributed by atoms with Crippen LogP contribution >= 0.6 is 0 Å². The molecule has 1 aliphatic carbocycles. The van der Waals surface area contributed by atoms with E-state index in [0.717, 1.165) is 5.56 Å². The van der Waals surface area contributed by atoms with Crippen LogP contribution in [0.1, 0.15) is 22.6 Å². The number of hydrogen-bond donors (Lipinski definition) is 1. The van der Waals surface area contributed by atoms with Crippen LogP contribution in [0.25, 0.3) is 10.9 Å². The predicted molar refractivity (Wildman–Crippen MR) is 120 cm³/mol. The number of non-ortho nitro benzene ring substituents is 1. The van der Waals surface area contributed by atoms with E-state index in [9.17, 15) is 24.5 Å². The first-order chi connectivity index (χ1) is 15.7. The first-order valence-electron chi connectivity index (χ1n) is 10.6. The number of aromatic amines is 1. The fourth-order valence-corrected chi connectivity index (χ4v) is 5.22. The number of amides is 2. The Balaban J connectivity index is 1.50. The molecule has 2 amide bonds. The highest BCUT2D eigenvalue weighted by Crippen LogP contribution is 2.54. The lowest BCUT2D eigenvalue weighted by atomic mass is 9.94. The Morgan fingerprint density at radius 3 is 2.55 bits per heavy atom. The highest BCUT2D eigenvalue weighted by atomic mass is 16.6. The van der Waals surface area contributed by atoms with Crippen LogP contribution in [-0.4, -0.2) is 63.0 Å². The zero-order valence-electron chi connectivity index (χ0n) is 18.4. The van der Waals surface area contributed by atoms with Gasteiger partial charge in [0.2, 0.25) is 5.91 Å². The number of likely N-dealkylation sites (N-methyl/N-ethyl adjacent to an activating group) is 2. The number of hydrogen-bond acceptors (Lipinski definition) is 5. The smallest absolute Gasteiger partial charge is 0.279 e. The van der Waals surface area contributed by atoms with Gasteiger partial charge in [-0.1, -0.05) is 35.9 Å². The van der Waals surface area contributed by atoms with Gasteiger partial charge < -0.3 is 14.8 Å². The van der Waals surface area contributed by atoms with Gasteiger partial charge >= 0.3 is 0 Å². The van der Waals surface area contributed by atoms with Crippen LogP contribution in [0.2, 0.25) is 0 Å². The van der Waals surface area contributed by atoms with Crippen LogP contribution in [0.15, 0.2) is 48.7 Å². The Bertz CT molecular complexity index is 1360. The lowest BCUT2D eigenvalue weighted by molar-refractivity contribution is -0.383. The average molecular weight is 446 g/mol. The van der Waals surface area contributed by atoms with Gasteiger partial charge in [0.25, 0.3) is 11.6 Å². The minimum atomic E-state index is -1.53. The second-order valence-electron chi connectivity index (χ2n) is 8.78. The second kappa shape index (κ2) is 6.99. The standard InChI is InChI=1S/C24H22N4O5/c1-13-6-4-7-14(10-13)20-21(29)24(20)23(31)26(2)18(22(30)27(24)3)11-15-12-25-16-8-5-9-17(19(15)16)28(32)33/h4-10,12,18,20,25H,11H2,1-3H3/t18-,20?,24+/m0/s1. The summed E-state index contributed by atoms with van der Waals surface area (Å²) in [4.78, 5) is 56.6. The maximum absolute atomic E-state index is 13.5. The predicted octanol–water partition coefficient (Wildman–Crippen LogP) is 2.33. The van der Waals surface area contributed by atoms with Crippen molar-refractivity contribution in [1.82, 2.24) is 14.8 Å². The van der Waals surface area contributed by atoms with Crippen molar-refractivity contribution in [3.63, 3.8) is 0 Å². The van der Waals surface area contributed by atoms with Crippen LogP contribution in [0.5, 0.6) is 0 Å². The van der Waals surface area contributed by atoms with Crippen molar-refractivity contribution in [3.8, 4) is 0 Å². The molecule has 1 saturated heterocycles. The van der Waals surface area contributed by atoms with Gasteiger partial charge in [-0.25, -0.2) is 0 Å². The van der Waals surface area contributed by atoms with E-state index in [1.54, 1.807) is 24.4 Å². The number of benzene rings is 2. The summed E-state index contributed by atoms with van der Waals surface area (Å²) in [5, 5.41) is 11.9. The Labute approximate surface area is 189 Å². The number of nitro groups is 1. The zero-order valence-corrected chi connectivity index (χ0v) is 18.4. The summed E-state index contributed by atoms with van der Waals surface area (Å²) in [6, 6.07) is 11.2. The summed E-state index contributed by atoms with van der Waals surface area (Å²) in [6.07, 6.45) is 1.72. The van der Waals surface area contributed by atoms with Crippen molar-refractivity contribution < 1.29 is 19.3 Å². The molecule has 2 aromatic carbocycles. The van der Waals surface area contributed by atoms with Gasteiger partial charge in [0.15, 0.2) is 11.3 Å². The number of fused-ring (bicyclic) bond motifs is 1. The molecule has 1 aromatic heterocycles. The largest absolute Gasteiger partial charge is 0.361 e. The van der Waals surface area contributed by atoms with Gasteiger partial charge in [0.05, 0.1) is 21.7 Å². The summed E-state index contributed by atoms with van der Waals surface area (Å²) in [6.45, 7) is 1.91. The quantitative estimate of drug-likeness (QED) is 0.375. The fraction of sp³-hybridized carbons (Fsp3) is 0.292.